The second kappa shape index (κ2) is 10.1. The molecule has 1 fully saturated rings. The second-order valence-corrected chi connectivity index (χ2v) is 6.53. The lowest BCUT2D eigenvalue weighted by atomic mass is 10.1. The van der Waals surface area contributed by atoms with Crippen molar-refractivity contribution < 1.29 is 24.5 Å². The van der Waals surface area contributed by atoms with Crippen LogP contribution in [-0.4, -0.2) is 59.4 Å². The summed E-state index contributed by atoms with van der Waals surface area (Å²) in [5.74, 6) is -0.823. The Morgan fingerprint density at radius 2 is 2.12 bits per heavy atom. The molecule has 0 radical (unpaired) electrons. The third kappa shape index (κ3) is 5.97. The lowest BCUT2D eigenvalue weighted by Gasteiger charge is -2.22. The largest absolute Gasteiger partial charge is 0.478 e. The molecule has 1 aliphatic heterocycles. The Bertz CT molecular complexity index is 626. The number of carboxylic acids is 1. The fraction of sp³-hybridized carbons (Fsp3) is 0.500. The highest BCUT2D eigenvalue weighted by Crippen LogP contribution is 2.21. The Hall–Kier alpha value is -2.18. The minimum absolute atomic E-state index is 0.0119. The number of ether oxygens (including phenoxy) is 1. The summed E-state index contributed by atoms with van der Waals surface area (Å²) in [6, 6.07) is 6.75. The molecular weight excluding hydrogens is 334 g/mol. The molecule has 2 rings (SSSR count). The maximum Gasteiger partial charge on any atom is 0.335 e. The smallest absolute Gasteiger partial charge is 0.335 e. The van der Waals surface area contributed by atoms with Crippen molar-refractivity contribution in [2.45, 2.75) is 44.2 Å². The van der Waals surface area contributed by atoms with Gasteiger partial charge in [-0.2, -0.15) is 0 Å². The van der Waals surface area contributed by atoms with Crippen molar-refractivity contribution in [1.29, 1.82) is 0 Å². The summed E-state index contributed by atoms with van der Waals surface area (Å²) in [6.07, 6.45) is 6.56. The van der Waals surface area contributed by atoms with Crippen LogP contribution >= 0.6 is 0 Å². The van der Waals surface area contributed by atoms with Crippen LogP contribution < -0.4 is 0 Å². The molecule has 6 nitrogen and oxygen atoms in total. The van der Waals surface area contributed by atoms with Crippen molar-refractivity contribution in [3.63, 3.8) is 0 Å². The number of amides is 1. The Kier molecular flexibility index (Phi) is 7.81. The van der Waals surface area contributed by atoms with Gasteiger partial charge < -0.3 is 19.8 Å². The predicted octanol–water partition coefficient (Wildman–Crippen LogP) is 2.26. The molecule has 0 bridgehead atoms. The second-order valence-electron chi connectivity index (χ2n) is 6.53. The summed E-state index contributed by atoms with van der Waals surface area (Å²) in [5.41, 5.74) is 1.26. The number of carbonyl (C=O) groups excluding carboxylic acids is 1. The van der Waals surface area contributed by atoms with Crippen molar-refractivity contribution in [1.82, 2.24) is 4.90 Å². The van der Waals surface area contributed by atoms with Crippen molar-refractivity contribution in [2.24, 2.45) is 0 Å². The topological polar surface area (TPSA) is 87.1 Å². The third-order valence-electron chi connectivity index (χ3n) is 4.62. The number of benzene rings is 1. The highest BCUT2D eigenvalue weighted by atomic mass is 16.5. The number of methoxy groups -OCH3 is 1. The maximum absolute atomic E-state index is 12.1. The zero-order valence-corrected chi connectivity index (χ0v) is 15.1. The van der Waals surface area contributed by atoms with Gasteiger partial charge in [-0.15, -0.1) is 0 Å². The van der Waals surface area contributed by atoms with Crippen LogP contribution in [0.2, 0.25) is 0 Å². The van der Waals surface area contributed by atoms with Crippen molar-refractivity contribution in [3.05, 3.63) is 47.5 Å². The van der Waals surface area contributed by atoms with Gasteiger partial charge in [0, 0.05) is 26.7 Å². The van der Waals surface area contributed by atoms with Crippen LogP contribution in [0.4, 0.5) is 0 Å². The number of carboxylic acid groups (broad SMARTS) is 1. The van der Waals surface area contributed by atoms with Gasteiger partial charge in [-0.25, -0.2) is 4.79 Å². The lowest BCUT2D eigenvalue weighted by Crippen LogP contribution is -2.33. The first-order valence-corrected chi connectivity index (χ1v) is 8.98. The number of rotatable bonds is 10. The molecule has 0 saturated carbocycles. The molecule has 0 aromatic heterocycles. The fourth-order valence-electron chi connectivity index (χ4n) is 3.10. The molecule has 1 aliphatic rings. The average Bonchev–Trinajstić information content (AvgIpc) is 2.98. The van der Waals surface area contributed by atoms with E-state index < -0.39 is 12.1 Å². The number of carbonyl (C=O) groups is 2. The first-order valence-electron chi connectivity index (χ1n) is 8.98. The van der Waals surface area contributed by atoms with Gasteiger partial charge in [-0.1, -0.05) is 24.3 Å². The number of aliphatic hydroxyl groups is 1. The van der Waals surface area contributed by atoms with E-state index in [1.807, 2.05) is 11.0 Å². The Balaban J connectivity index is 1.87. The predicted molar refractivity (Wildman–Crippen MR) is 98.1 cm³/mol. The molecule has 2 unspecified atom stereocenters. The molecule has 1 amide bonds. The zero-order valence-electron chi connectivity index (χ0n) is 15.1. The van der Waals surface area contributed by atoms with Gasteiger partial charge in [0.2, 0.25) is 5.91 Å². The SMILES string of the molecule is COCCCC(O)C=CC1CCC(=O)N1CCc1ccc(C(=O)O)cc1. The van der Waals surface area contributed by atoms with E-state index in [1.165, 1.54) is 0 Å². The highest BCUT2D eigenvalue weighted by molar-refractivity contribution is 5.87. The number of hydrogen-bond acceptors (Lipinski definition) is 4. The fourth-order valence-corrected chi connectivity index (χ4v) is 3.10. The normalized spacial score (nSPS) is 18.6. The van der Waals surface area contributed by atoms with Gasteiger partial charge in [0.15, 0.2) is 0 Å². The van der Waals surface area contributed by atoms with Crippen LogP contribution in [0.3, 0.4) is 0 Å². The first kappa shape index (κ1) is 20.1. The van der Waals surface area contributed by atoms with Crippen LogP contribution in [0.5, 0.6) is 0 Å². The number of hydrogen-bond donors (Lipinski definition) is 2. The minimum atomic E-state index is -0.944. The van der Waals surface area contributed by atoms with E-state index in [2.05, 4.69) is 0 Å². The molecule has 1 saturated heterocycles. The number of aromatic carboxylic acids is 1. The molecule has 26 heavy (non-hydrogen) atoms. The Morgan fingerprint density at radius 1 is 1.38 bits per heavy atom. The third-order valence-corrected chi connectivity index (χ3v) is 4.62. The minimum Gasteiger partial charge on any atom is -0.478 e. The van der Waals surface area contributed by atoms with Crippen LogP contribution in [-0.2, 0) is 16.0 Å². The number of likely N-dealkylation sites (tertiary alicyclic amines) is 1. The molecule has 2 atom stereocenters. The monoisotopic (exact) mass is 361 g/mol. The summed E-state index contributed by atoms with van der Waals surface area (Å²) < 4.78 is 4.98. The summed E-state index contributed by atoms with van der Waals surface area (Å²) in [7, 11) is 1.64. The molecule has 1 aromatic carbocycles. The lowest BCUT2D eigenvalue weighted by molar-refractivity contribution is -0.128. The molecule has 1 aromatic rings. The van der Waals surface area contributed by atoms with E-state index in [9.17, 15) is 14.7 Å². The number of aliphatic hydroxyl groups excluding tert-OH is 1. The van der Waals surface area contributed by atoms with E-state index in [4.69, 9.17) is 9.84 Å². The van der Waals surface area contributed by atoms with E-state index in [-0.39, 0.29) is 17.5 Å². The molecule has 0 spiro atoms. The molecule has 142 valence electrons. The Morgan fingerprint density at radius 3 is 2.77 bits per heavy atom. The van der Waals surface area contributed by atoms with Crippen LogP contribution in [0, 0.1) is 0 Å². The number of nitrogens with zero attached hydrogens (tertiary/aromatic N) is 1. The van der Waals surface area contributed by atoms with Crippen molar-refractivity contribution in [3.8, 4) is 0 Å². The van der Waals surface area contributed by atoms with Crippen LogP contribution in [0.25, 0.3) is 0 Å². The first-order chi connectivity index (χ1) is 12.5. The van der Waals surface area contributed by atoms with Gasteiger partial charge in [0.05, 0.1) is 17.7 Å². The van der Waals surface area contributed by atoms with E-state index in [1.54, 1.807) is 37.5 Å². The molecule has 6 heteroatoms. The van der Waals surface area contributed by atoms with Gasteiger partial charge >= 0.3 is 5.97 Å². The van der Waals surface area contributed by atoms with E-state index >= 15 is 0 Å². The van der Waals surface area contributed by atoms with Crippen LogP contribution in [0.15, 0.2) is 36.4 Å². The highest BCUT2D eigenvalue weighted by Gasteiger charge is 2.28. The summed E-state index contributed by atoms with van der Waals surface area (Å²) in [5, 5.41) is 18.9. The van der Waals surface area contributed by atoms with Crippen molar-refractivity contribution in [2.75, 3.05) is 20.3 Å². The van der Waals surface area contributed by atoms with Crippen LogP contribution in [0.1, 0.15) is 41.6 Å². The molecule has 1 heterocycles. The Labute approximate surface area is 154 Å². The van der Waals surface area contributed by atoms with Gasteiger partial charge in [0.25, 0.3) is 0 Å². The molecule has 2 N–H and O–H groups in total. The van der Waals surface area contributed by atoms with Crippen molar-refractivity contribution >= 4 is 11.9 Å². The van der Waals surface area contributed by atoms with Gasteiger partial charge in [-0.3, -0.25) is 4.79 Å². The quantitative estimate of drug-likeness (QED) is 0.493. The van der Waals surface area contributed by atoms with Gasteiger partial charge in [0.1, 0.15) is 0 Å². The average molecular weight is 361 g/mol. The van der Waals surface area contributed by atoms with E-state index in [0.717, 1.165) is 18.4 Å². The summed E-state index contributed by atoms with van der Waals surface area (Å²) in [4.78, 5) is 24.9. The summed E-state index contributed by atoms with van der Waals surface area (Å²) in [6.45, 7) is 1.21. The molecule has 0 aliphatic carbocycles. The zero-order chi connectivity index (χ0) is 18.9. The standard InChI is InChI=1S/C20H27NO5/c1-26-14-2-3-18(22)10-8-17-9-11-19(23)21(17)13-12-15-4-6-16(7-5-15)20(24)25/h4-8,10,17-18,22H,2-3,9,11-14H2,1H3,(H,24,25). The summed E-state index contributed by atoms with van der Waals surface area (Å²) >= 11 is 0. The van der Waals surface area contributed by atoms with Gasteiger partial charge in [-0.05, 0) is 43.4 Å². The maximum atomic E-state index is 12.1. The molecular formula is C20H27NO5. The van der Waals surface area contributed by atoms with E-state index in [0.29, 0.717) is 32.4 Å².